The van der Waals surface area contributed by atoms with Crippen LogP contribution in [0.25, 0.3) is 0 Å². The summed E-state index contributed by atoms with van der Waals surface area (Å²) in [6.45, 7) is -0.392. The second kappa shape index (κ2) is 20.4. The van der Waals surface area contributed by atoms with Crippen LogP contribution in [0, 0.1) is 0 Å². The summed E-state index contributed by atoms with van der Waals surface area (Å²) >= 11 is 0. The average Bonchev–Trinajstić information content (AvgIpc) is 3.19. The van der Waals surface area contributed by atoms with Gasteiger partial charge in [0.1, 0.15) is 35.8 Å². The molecule has 0 aliphatic heterocycles. The van der Waals surface area contributed by atoms with Crippen molar-refractivity contribution in [2.24, 2.45) is 0 Å². The van der Waals surface area contributed by atoms with E-state index in [2.05, 4.69) is 21.3 Å². The molecule has 286 valence electrons. The number of rotatable bonds is 19. The number of nitrogens with one attached hydrogen (secondary N) is 4. The van der Waals surface area contributed by atoms with Crippen LogP contribution in [0.15, 0.2) is 109 Å². The van der Waals surface area contributed by atoms with Gasteiger partial charge >= 0.3 is 0 Å². The van der Waals surface area contributed by atoms with E-state index in [0.29, 0.717) is 22.3 Å². The molecule has 0 aliphatic carbocycles. The summed E-state index contributed by atoms with van der Waals surface area (Å²) in [4.78, 5) is 53.8. The standard InChI is InChI=1S/C40H46N4O10/c1-41-37(49)31(21-25-13-17-29(45)18-14-25)43-39(51)35(53-23-27-9-5-3-6-10-27)33(47)34(48)36(54-24-28-11-7-4-8-12-28)40(52)44-32(38(50)42-2)22-26-15-19-30(46)20-16-26/h3-20,31-36,45-48H,21-24H2,1-2H3,(H,41,49)(H,42,50)(H,43,51)(H,44,52)/t31-,32-,33+,34+,35+,36+/m0/s1. The maximum absolute atomic E-state index is 14.0. The Morgan fingerprint density at radius 1 is 0.500 bits per heavy atom. The molecule has 0 fully saturated rings. The molecule has 0 heterocycles. The minimum atomic E-state index is -2.10. The molecule has 54 heavy (non-hydrogen) atoms. The first-order valence-corrected chi connectivity index (χ1v) is 17.3. The zero-order valence-corrected chi connectivity index (χ0v) is 29.9. The van der Waals surface area contributed by atoms with Crippen LogP contribution in [0.2, 0.25) is 0 Å². The molecule has 0 saturated heterocycles. The number of aromatic hydroxyl groups is 2. The highest BCUT2D eigenvalue weighted by Gasteiger charge is 2.42. The smallest absolute Gasteiger partial charge is 0.252 e. The number of aliphatic hydroxyl groups is 2. The van der Waals surface area contributed by atoms with Gasteiger partial charge in [0.05, 0.1) is 13.2 Å². The number of ether oxygens (including phenoxy) is 2. The second-order valence-corrected chi connectivity index (χ2v) is 12.5. The highest BCUT2D eigenvalue weighted by Crippen LogP contribution is 2.18. The van der Waals surface area contributed by atoms with E-state index in [1.807, 2.05) is 0 Å². The Labute approximate surface area is 313 Å². The van der Waals surface area contributed by atoms with Crippen LogP contribution in [0.3, 0.4) is 0 Å². The molecule has 0 bridgehead atoms. The van der Waals surface area contributed by atoms with E-state index in [4.69, 9.17) is 9.47 Å². The number of carbonyl (C=O) groups is 4. The molecule has 0 aromatic heterocycles. The molecule has 0 aliphatic rings. The van der Waals surface area contributed by atoms with Crippen LogP contribution in [0.1, 0.15) is 22.3 Å². The lowest BCUT2D eigenvalue weighted by Crippen LogP contribution is -2.59. The zero-order valence-electron chi connectivity index (χ0n) is 29.9. The molecule has 14 heteroatoms. The number of aliphatic hydroxyl groups excluding tert-OH is 2. The van der Waals surface area contributed by atoms with Crippen molar-refractivity contribution in [2.75, 3.05) is 14.1 Å². The van der Waals surface area contributed by atoms with Gasteiger partial charge in [0.2, 0.25) is 11.8 Å². The summed E-state index contributed by atoms with van der Waals surface area (Å²) in [5.41, 5.74) is 2.46. The number of hydrogen-bond acceptors (Lipinski definition) is 10. The van der Waals surface area contributed by atoms with Crippen molar-refractivity contribution in [2.45, 2.75) is 62.6 Å². The summed E-state index contributed by atoms with van der Waals surface area (Å²) in [6.07, 6.45) is -7.88. The quantitative estimate of drug-likeness (QED) is 0.0688. The third-order valence-corrected chi connectivity index (χ3v) is 8.54. The third-order valence-electron chi connectivity index (χ3n) is 8.54. The summed E-state index contributed by atoms with van der Waals surface area (Å²) in [7, 11) is 2.78. The molecular weight excluding hydrogens is 696 g/mol. The Balaban J connectivity index is 1.63. The van der Waals surface area contributed by atoms with Crippen molar-refractivity contribution in [1.29, 1.82) is 0 Å². The molecule has 0 spiro atoms. The maximum Gasteiger partial charge on any atom is 0.252 e. The minimum Gasteiger partial charge on any atom is -0.508 e. The summed E-state index contributed by atoms with van der Waals surface area (Å²) in [5, 5.41) is 53.0. The van der Waals surface area contributed by atoms with Gasteiger partial charge in [0, 0.05) is 26.9 Å². The number of likely N-dealkylation sites (N-methyl/N-ethyl adjacent to an activating group) is 2. The maximum atomic E-state index is 14.0. The highest BCUT2D eigenvalue weighted by molar-refractivity contribution is 5.91. The molecule has 4 rings (SSSR count). The van der Waals surface area contributed by atoms with Crippen molar-refractivity contribution in [1.82, 2.24) is 21.3 Å². The predicted octanol–water partition coefficient (Wildman–Crippen LogP) is 1.24. The van der Waals surface area contributed by atoms with Crippen LogP contribution in [-0.2, 0) is 54.7 Å². The summed E-state index contributed by atoms with van der Waals surface area (Å²) in [5.74, 6) is -3.04. The Morgan fingerprint density at radius 3 is 1.15 bits per heavy atom. The van der Waals surface area contributed by atoms with Gasteiger partial charge in [-0.2, -0.15) is 0 Å². The van der Waals surface area contributed by atoms with Crippen LogP contribution >= 0.6 is 0 Å². The van der Waals surface area contributed by atoms with E-state index in [1.165, 1.54) is 38.4 Å². The van der Waals surface area contributed by atoms with E-state index >= 15 is 0 Å². The largest absolute Gasteiger partial charge is 0.508 e. The van der Waals surface area contributed by atoms with Crippen LogP contribution in [0.5, 0.6) is 11.5 Å². The van der Waals surface area contributed by atoms with E-state index < -0.39 is 60.1 Å². The van der Waals surface area contributed by atoms with Crippen LogP contribution in [-0.4, -0.2) is 94.6 Å². The van der Waals surface area contributed by atoms with Gasteiger partial charge in [-0.25, -0.2) is 0 Å². The number of benzene rings is 4. The van der Waals surface area contributed by atoms with Gasteiger partial charge in [-0.1, -0.05) is 84.9 Å². The number of carbonyl (C=O) groups excluding carboxylic acids is 4. The summed E-state index contributed by atoms with van der Waals surface area (Å²) in [6, 6.07) is 27.2. The minimum absolute atomic E-state index is 0.00285. The Hall–Kier alpha value is -5.80. The van der Waals surface area contributed by atoms with E-state index in [9.17, 15) is 39.6 Å². The first kappa shape index (κ1) is 41.0. The van der Waals surface area contributed by atoms with Crippen LogP contribution < -0.4 is 21.3 Å². The Morgan fingerprint density at radius 2 is 0.833 bits per heavy atom. The van der Waals surface area contributed by atoms with Gasteiger partial charge in [-0.3, -0.25) is 19.2 Å². The molecular formula is C40H46N4O10. The van der Waals surface area contributed by atoms with Gasteiger partial charge in [-0.05, 0) is 46.5 Å². The Bertz CT molecular complexity index is 1660. The zero-order chi connectivity index (χ0) is 39.0. The predicted molar refractivity (Wildman–Crippen MR) is 198 cm³/mol. The number of hydrogen-bond donors (Lipinski definition) is 8. The third kappa shape index (κ3) is 12.1. The lowest BCUT2D eigenvalue weighted by molar-refractivity contribution is -0.171. The van der Waals surface area contributed by atoms with Gasteiger partial charge in [0.25, 0.3) is 11.8 Å². The van der Waals surface area contributed by atoms with Crippen molar-refractivity contribution in [3.63, 3.8) is 0 Å². The van der Waals surface area contributed by atoms with Gasteiger partial charge in [-0.15, -0.1) is 0 Å². The second-order valence-electron chi connectivity index (χ2n) is 12.5. The fourth-order valence-electron chi connectivity index (χ4n) is 5.55. The highest BCUT2D eigenvalue weighted by atomic mass is 16.5. The van der Waals surface area contributed by atoms with Gasteiger partial charge < -0.3 is 51.2 Å². The van der Waals surface area contributed by atoms with Crippen molar-refractivity contribution >= 4 is 23.6 Å². The molecule has 6 atom stereocenters. The monoisotopic (exact) mass is 742 g/mol. The number of phenols is 2. The molecule has 8 N–H and O–H groups in total. The number of phenolic OH excluding ortho intramolecular Hbond substituents is 2. The first-order valence-electron chi connectivity index (χ1n) is 17.3. The molecule has 0 unspecified atom stereocenters. The lowest BCUT2D eigenvalue weighted by Gasteiger charge is -2.32. The summed E-state index contributed by atoms with van der Waals surface area (Å²) < 4.78 is 11.8. The lowest BCUT2D eigenvalue weighted by atomic mass is 9.99. The fraction of sp³-hybridized carbons (Fsp3) is 0.300. The first-order chi connectivity index (χ1) is 26.0. The molecule has 4 aromatic carbocycles. The SMILES string of the molecule is CNC(=O)[C@H](Cc1ccc(O)cc1)NC(=O)[C@H](OCc1ccccc1)[C@H](O)[C@@H](O)[C@@H](OCc1ccccc1)C(=O)N[C@@H](Cc1ccc(O)cc1)C(=O)NC. The number of amides is 4. The Kier molecular flexibility index (Phi) is 15.5. The molecule has 0 saturated carbocycles. The molecule has 4 aromatic rings. The average molecular weight is 743 g/mol. The topological polar surface area (TPSA) is 216 Å². The molecule has 0 radical (unpaired) electrons. The fourth-order valence-corrected chi connectivity index (χ4v) is 5.55. The molecule has 14 nitrogen and oxygen atoms in total. The van der Waals surface area contributed by atoms with E-state index in [0.717, 1.165) is 0 Å². The van der Waals surface area contributed by atoms with Crippen LogP contribution in [0.4, 0.5) is 0 Å². The van der Waals surface area contributed by atoms with E-state index in [1.54, 1.807) is 84.9 Å². The van der Waals surface area contributed by atoms with Crippen molar-refractivity contribution < 1.29 is 49.1 Å². The molecule has 4 amide bonds. The van der Waals surface area contributed by atoms with Gasteiger partial charge in [0.15, 0.2) is 12.2 Å². The van der Waals surface area contributed by atoms with Crippen molar-refractivity contribution in [3.8, 4) is 11.5 Å². The normalized spacial score (nSPS) is 14.4. The van der Waals surface area contributed by atoms with E-state index in [-0.39, 0.29) is 37.6 Å². The van der Waals surface area contributed by atoms with Crippen molar-refractivity contribution in [3.05, 3.63) is 131 Å².